The lowest BCUT2D eigenvalue weighted by molar-refractivity contribution is -0.0466. The maximum Gasteiger partial charge on any atom is 0.151 e. The smallest absolute Gasteiger partial charge is 0.151 e. The highest BCUT2D eigenvalue weighted by Crippen LogP contribution is 2.13. The molecule has 3 nitrogen and oxygen atoms in total. The van der Waals surface area contributed by atoms with Gasteiger partial charge in [-0.2, -0.15) is 0 Å². The molecule has 134 valence electrons. The summed E-state index contributed by atoms with van der Waals surface area (Å²) in [6, 6.07) is 0. The number of aliphatic hydroxyl groups excluding tert-OH is 1. The maximum absolute atomic E-state index is 8.73. The van der Waals surface area contributed by atoms with Crippen LogP contribution in [0.2, 0.25) is 0 Å². The van der Waals surface area contributed by atoms with E-state index in [0.717, 1.165) is 19.4 Å². The number of hydrogen-bond donors (Lipinski definition) is 2. The van der Waals surface area contributed by atoms with Crippen LogP contribution in [0.25, 0.3) is 0 Å². The summed E-state index contributed by atoms with van der Waals surface area (Å²) in [5, 5.41) is 17.5. The fourth-order valence-electron chi connectivity index (χ4n) is 2.69. The van der Waals surface area contributed by atoms with Crippen LogP contribution in [0.3, 0.4) is 0 Å². The fourth-order valence-corrected chi connectivity index (χ4v) is 2.69. The molecule has 0 rings (SSSR count). The molecule has 0 unspecified atom stereocenters. The second-order valence-electron chi connectivity index (χ2n) is 6.79. The van der Waals surface area contributed by atoms with Crippen molar-refractivity contribution in [2.45, 2.75) is 116 Å². The molecule has 0 atom stereocenters. The lowest BCUT2D eigenvalue weighted by atomic mass is 10.0. The van der Waals surface area contributed by atoms with E-state index in [2.05, 4.69) is 13.8 Å². The van der Waals surface area contributed by atoms with Crippen molar-refractivity contribution in [1.82, 2.24) is 0 Å². The Morgan fingerprint density at radius 2 is 0.955 bits per heavy atom. The third-order valence-electron chi connectivity index (χ3n) is 4.06. The Balaban J connectivity index is 2.97. The van der Waals surface area contributed by atoms with Crippen molar-refractivity contribution in [1.29, 1.82) is 0 Å². The summed E-state index contributed by atoms with van der Waals surface area (Å²) < 4.78 is 5.54. The number of ether oxygens (including phenoxy) is 1. The molecule has 0 aromatic heterocycles. The summed E-state index contributed by atoms with van der Waals surface area (Å²) in [5.41, 5.74) is 0. The van der Waals surface area contributed by atoms with E-state index in [1.165, 1.54) is 70.6 Å². The normalized spacial score (nSPS) is 11.7. The van der Waals surface area contributed by atoms with Crippen molar-refractivity contribution in [2.75, 3.05) is 6.61 Å². The van der Waals surface area contributed by atoms with Gasteiger partial charge in [-0.25, -0.2) is 0 Å². The van der Waals surface area contributed by atoms with Gasteiger partial charge in [-0.3, -0.25) is 0 Å². The molecule has 0 amide bonds. The highest BCUT2D eigenvalue weighted by molar-refractivity contribution is 4.50. The van der Waals surface area contributed by atoms with Crippen LogP contribution >= 0.6 is 0 Å². The van der Waals surface area contributed by atoms with Crippen LogP contribution in [-0.2, 0) is 4.74 Å². The summed E-state index contributed by atoms with van der Waals surface area (Å²) in [5.74, 6) is 0. The van der Waals surface area contributed by atoms with Gasteiger partial charge in [-0.1, -0.05) is 70.6 Å². The molecule has 0 bridgehead atoms. The SMILES string of the molecule is CC(C)OCCCCCCCCCCCCCCCC(O)O. The minimum atomic E-state index is -1.11. The van der Waals surface area contributed by atoms with Gasteiger partial charge in [0.25, 0.3) is 0 Å². The standard InChI is InChI=1S/C19H40O3/c1-18(2)22-17-15-13-11-9-7-5-3-4-6-8-10-12-14-16-19(20)21/h18-21H,3-17H2,1-2H3. The Hall–Kier alpha value is -0.120. The first-order chi connectivity index (χ1) is 10.6. The zero-order valence-electron chi connectivity index (χ0n) is 15.1. The minimum absolute atomic E-state index is 0.376. The molecular formula is C19H40O3. The van der Waals surface area contributed by atoms with Crippen molar-refractivity contribution in [3.05, 3.63) is 0 Å². The topological polar surface area (TPSA) is 49.7 Å². The number of unbranched alkanes of at least 4 members (excludes halogenated alkanes) is 12. The molecule has 22 heavy (non-hydrogen) atoms. The Kier molecular flexibility index (Phi) is 17.1. The summed E-state index contributed by atoms with van der Waals surface area (Å²) in [6.07, 6.45) is 16.6. The average molecular weight is 317 g/mol. The minimum Gasteiger partial charge on any atom is -0.379 e. The molecular weight excluding hydrogens is 276 g/mol. The first-order valence-electron chi connectivity index (χ1n) is 9.60. The maximum atomic E-state index is 8.73. The molecule has 0 aliphatic heterocycles. The van der Waals surface area contributed by atoms with Crippen molar-refractivity contribution in [3.8, 4) is 0 Å². The molecule has 0 heterocycles. The van der Waals surface area contributed by atoms with Crippen LogP contribution in [0.15, 0.2) is 0 Å². The number of rotatable bonds is 17. The van der Waals surface area contributed by atoms with Gasteiger partial charge in [0, 0.05) is 6.61 Å². The molecule has 0 fully saturated rings. The zero-order chi connectivity index (χ0) is 16.5. The Morgan fingerprint density at radius 1 is 0.591 bits per heavy atom. The molecule has 0 saturated heterocycles. The summed E-state index contributed by atoms with van der Waals surface area (Å²) in [7, 11) is 0. The highest BCUT2D eigenvalue weighted by atomic mass is 16.5. The highest BCUT2D eigenvalue weighted by Gasteiger charge is 1.97. The average Bonchev–Trinajstić information content (AvgIpc) is 2.46. The Labute approximate surface area is 138 Å². The van der Waals surface area contributed by atoms with Crippen molar-refractivity contribution in [2.24, 2.45) is 0 Å². The number of aliphatic hydroxyl groups is 2. The second-order valence-corrected chi connectivity index (χ2v) is 6.79. The first-order valence-corrected chi connectivity index (χ1v) is 9.60. The molecule has 0 spiro atoms. The molecule has 2 N–H and O–H groups in total. The monoisotopic (exact) mass is 316 g/mol. The van der Waals surface area contributed by atoms with Gasteiger partial charge >= 0.3 is 0 Å². The van der Waals surface area contributed by atoms with Crippen LogP contribution in [-0.4, -0.2) is 29.2 Å². The fraction of sp³-hybridized carbons (Fsp3) is 1.00. The first kappa shape index (κ1) is 21.9. The zero-order valence-corrected chi connectivity index (χ0v) is 15.1. The molecule has 3 heteroatoms. The lowest BCUT2D eigenvalue weighted by Gasteiger charge is -2.07. The third kappa shape index (κ3) is 19.9. The molecule has 0 saturated carbocycles. The third-order valence-corrected chi connectivity index (χ3v) is 4.06. The van der Waals surface area contributed by atoms with Gasteiger partial charge in [-0.15, -0.1) is 0 Å². The predicted molar refractivity (Wildman–Crippen MR) is 94.0 cm³/mol. The van der Waals surface area contributed by atoms with E-state index >= 15 is 0 Å². The van der Waals surface area contributed by atoms with Gasteiger partial charge in [0.2, 0.25) is 0 Å². The van der Waals surface area contributed by atoms with E-state index in [0.29, 0.717) is 12.5 Å². The van der Waals surface area contributed by atoms with Crippen LogP contribution in [0.4, 0.5) is 0 Å². The number of hydrogen-bond acceptors (Lipinski definition) is 3. The van der Waals surface area contributed by atoms with Gasteiger partial charge in [0.15, 0.2) is 6.29 Å². The van der Waals surface area contributed by atoms with E-state index in [-0.39, 0.29) is 0 Å². The molecule has 0 aliphatic carbocycles. The van der Waals surface area contributed by atoms with Crippen LogP contribution in [0.1, 0.15) is 104 Å². The van der Waals surface area contributed by atoms with E-state index < -0.39 is 6.29 Å². The quantitative estimate of drug-likeness (QED) is 0.287. The Bertz CT molecular complexity index is 183. The molecule has 0 aromatic carbocycles. The molecule has 0 radical (unpaired) electrons. The van der Waals surface area contributed by atoms with Crippen LogP contribution in [0.5, 0.6) is 0 Å². The van der Waals surface area contributed by atoms with E-state index in [9.17, 15) is 0 Å². The molecule has 0 aliphatic rings. The molecule has 0 aromatic rings. The Morgan fingerprint density at radius 3 is 1.32 bits per heavy atom. The van der Waals surface area contributed by atoms with Crippen LogP contribution < -0.4 is 0 Å². The van der Waals surface area contributed by atoms with E-state index in [4.69, 9.17) is 14.9 Å². The van der Waals surface area contributed by atoms with Crippen LogP contribution in [0, 0.1) is 0 Å². The van der Waals surface area contributed by atoms with E-state index in [1.54, 1.807) is 0 Å². The van der Waals surface area contributed by atoms with Crippen molar-refractivity contribution in [3.63, 3.8) is 0 Å². The van der Waals surface area contributed by atoms with E-state index in [1.807, 2.05) is 0 Å². The van der Waals surface area contributed by atoms with Gasteiger partial charge in [-0.05, 0) is 33.1 Å². The van der Waals surface area contributed by atoms with Gasteiger partial charge in [0.05, 0.1) is 6.10 Å². The van der Waals surface area contributed by atoms with Gasteiger partial charge < -0.3 is 14.9 Å². The lowest BCUT2D eigenvalue weighted by Crippen LogP contribution is -2.03. The summed E-state index contributed by atoms with van der Waals surface area (Å²) >= 11 is 0. The second kappa shape index (κ2) is 17.2. The largest absolute Gasteiger partial charge is 0.379 e. The van der Waals surface area contributed by atoms with Crippen molar-refractivity contribution >= 4 is 0 Å². The summed E-state index contributed by atoms with van der Waals surface area (Å²) in [6.45, 7) is 5.12. The van der Waals surface area contributed by atoms with Crippen molar-refractivity contribution < 1.29 is 14.9 Å². The van der Waals surface area contributed by atoms with Gasteiger partial charge in [0.1, 0.15) is 0 Å². The predicted octanol–water partition coefficient (Wildman–Crippen LogP) is 5.18. The summed E-state index contributed by atoms with van der Waals surface area (Å²) in [4.78, 5) is 0.